The maximum Gasteiger partial charge on any atom is 0.225 e. The van der Waals surface area contributed by atoms with Crippen LogP contribution in [0.1, 0.15) is 25.3 Å². The summed E-state index contributed by atoms with van der Waals surface area (Å²) in [5, 5.41) is 0. The number of carbonyl (C=O) groups excluding carboxylic acids is 1. The Kier molecular flexibility index (Phi) is 3.01. The fourth-order valence-corrected chi connectivity index (χ4v) is 1.45. The van der Waals surface area contributed by atoms with Crippen LogP contribution >= 0.6 is 0 Å². The summed E-state index contributed by atoms with van der Waals surface area (Å²) >= 11 is 0. The molecule has 0 aliphatic heterocycles. The van der Waals surface area contributed by atoms with Crippen molar-refractivity contribution in [1.29, 1.82) is 0 Å². The lowest BCUT2D eigenvalue weighted by Gasteiger charge is -2.16. The van der Waals surface area contributed by atoms with Crippen molar-refractivity contribution < 1.29 is 4.79 Å². The Balaban J connectivity index is 2.96. The zero-order valence-electron chi connectivity index (χ0n) is 7.90. The second kappa shape index (κ2) is 4.03. The Labute approximate surface area is 78.0 Å². The number of nitrogens with zero attached hydrogens (tertiary/aromatic N) is 1. The van der Waals surface area contributed by atoms with E-state index < -0.39 is 0 Å². The molecule has 0 fully saturated rings. The fourth-order valence-electron chi connectivity index (χ4n) is 1.45. The van der Waals surface area contributed by atoms with Gasteiger partial charge in [0.1, 0.15) is 0 Å². The van der Waals surface area contributed by atoms with Gasteiger partial charge < -0.3 is 5.73 Å². The van der Waals surface area contributed by atoms with Gasteiger partial charge in [0.25, 0.3) is 0 Å². The molecule has 1 atom stereocenters. The maximum absolute atomic E-state index is 11.1. The number of pyridine rings is 1. The molecule has 1 rings (SSSR count). The van der Waals surface area contributed by atoms with E-state index in [1.807, 2.05) is 26.0 Å². The Bertz CT molecular complexity index is 282. The van der Waals surface area contributed by atoms with Gasteiger partial charge in [-0.25, -0.2) is 0 Å². The van der Waals surface area contributed by atoms with Gasteiger partial charge in [-0.2, -0.15) is 0 Å². The van der Waals surface area contributed by atoms with Gasteiger partial charge in [0, 0.05) is 12.4 Å². The molecule has 70 valence electrons. The number of aromatic nitrogens is 1. The molecule has 0 aliphatic rings. The van der Waals surface area contributed by atoms with E-state index in [2.05, 4.69) is 4.98 Å². The quantitative estimate of drug-likeness (QED) is 0.758. The third-order valence-corrected chi connectivity index (χ3v) is 2.04. The van der Waals surface area contributed by atoms with E-state index in [1.165, 1.54) is 0 Å². The third-order valence-electron chi connectivity index (χ3n) is 2.04. The van der Waals surface area contributed by atoms with E-state index in [9.17, 15) is 4.79 Å². The Morgan fingerprint density at radius 3 is 2.31 bits per heavy atom. The predicted molar refractivity (Wildman–Crippen MR) is 51.0 cm³/mol. The van der Waals surface area contributed by atoms with Gasteiger partial charge in [-0.15, -0.1) is 0 Å². The van der Waals surface area contributed by atoms with E-state index in [0.29, 0.717) is 0 Å². The maximum atomic E-state index is 11.1. The molecule has 0 aliphatic carbocycles. The van der Waals surface area contributed by atoms with Gasteiger partial charge >= 0.3 is 0 Å². The molecule has 2 N–H and O–H groups in total. The molecular weight excluding hydrogens is 164 g/mol. The van der Waals surface area contributed by atoms with Crippen LogP contribution in [0.15, 0.2) is 24.5 Å². The fraction of sp³-hybridized carbons (Fsp3) is 0.400. The summed E-state index contributed by atoms with van der Waals surface area (Å²) in [7, 11) is 0. The van der Waals surface area contributed by atoms with Crippen molar-refractivity contribution in [2.75, 3.05) is 0 Å². The van der Waals surface area contributed by atoms with E-state index >= 15 is 0 Å². The molecule has 3 nitrogen and oxygen atoms in total. The van der Waals surface area contributed by atoms with Crippen molar-refractivity contribution >= 4 is 5.91 Å². The highest BCUT2D eigenvalue weighted by Gasteiger charge is 2.20. The minimum absolute atomic E-state index is 0.206. The first kappa shape index (κ1) is 9.71. The van der Waals surface area contributed by atoms with Crippen molar-refractivity contribution in [3.05, 3.63) is 30.1 Å². The minimum atomic E-state index is -0.277. The zero-order chi connectivity index (χ0) is 9.84. The summed E-state index contributed by atoms with van der Waals surface area (Å²) in [4.78, 5) is 15.0. The molecule has 0 spiro atoms. The average molecular weight is 178 g/mol. The molecule has 0 saturated carbocycles. The first-order chi connectivity index (χ1) is 6.13. The van der Waals surface area contributed by atoms with Crippen molar-refractivity contribution in [2.45, 2.75) is 19.8 Å². The van der Waals surface area contributed by atoms with Gasteiger partial charge in [0.05, 0.1) is 5.92 Å². The molecule has 0 radical (unpaired) electrons. The Morgan fingerprint density at radius 1 is 1.38 bits per heavy atom. The molecule has 0 aromatic carbocycles. The summed E-state index contributed by atoms with van der Waals surface area (Å²) in [5.74, 6) is -0.260. The smallest absolute Gasteiger partial charge is 0.225 e. The lowest BCUT2D eigenvalue weighted by Crippen LogP contribution is -2.25. The number of carbonyl (C=O) groups is 1. The normalized spacial score (nSPS) is 12.8. The zero-order valence-corrected chi connectivity index (χ0v) is 7.90. The standard InChI is InChI=1S/C10H14N2O/c1-7(2)9(10(11)13)8-3-5-12-6-4-8/h3-7,9H,1-2H3,(H2,11,13). The highest BCUT2D eigenvalue weighted by atomic mass is 16.1. The van der Waals surface area contributed by atoms with Crippen molar-refractivity contribution in [3.8, 4) is 0 Å². The molecule has 0 saturated heterocycles. The predicted octanol–water partition coefficient (Wildman–Crippen LogP) is 1.31. The van der Waals surface area contributed by atoms with Crippen LogP contribution in [0, 0.1) is 5.92 Å². The van der Waals surface area contributed by atoms with Gasteiger partial charge in [-0.05, 0) is 23.6 Å². The lowest BCUT2D eigenvalue weighted by atomic mass is 9.88. The van der Waals surface area contributed by atoms with Crippen LogP contribution in [0.4, 0.5) is 0 Å². The molecule has 3 heteroatoms. The second-order valence-corrected chi connectivity index (χ2v) is 3.40. The largest absolute Gasteiger partial charge is 0.369 e. The van der Waals surface area contributed by atoms with Gasteiger partial charge in [0.2, 0.25) is 5.91 Å². The van der Waals surface area contributed by atoms with Crippen LogP contribution in [-0.4, -0.2) is 10.9 Å². The lowest BCUT2D eigenvalue weighted by molar-refractivity contribution is -0.120. The molecular formula is C10H14N2O. The number of nitrogens with two attached hydrogens (primary N) is 1. The highest BCUT2D eigenvalue weighted by Crippen LogP contribution is 2.22. The first-order valence-electron chi connectivity index (χ1n) is 4.32. The van der Waals surface area contributed by atoms with Crippen LogP contribution < -0.4 is 5.73 Å². The Hall–Kier alpha value is -1.38. The number of amides is 1. The molecule has 0 bridgehead atoms. The number of rotatable bonds is 3. The van der Waals surface area contributed by atoms with Crippen LogP contribution in [0.5, 0.6) is 0 Å². The van der Waals surface area contributed by atoms with E-state index in [1.54, 1.807) is 12.4 Å². The SMILES string of the molecule is CC(C)C(C(N)=O)c1ccncc1. The Morgan fingerprint density at radius 2 is 1.92 bits per heavy atom. The number of hydrogen-bond acceptors (Lipinski definition) is 2. The molecule has 1 aromatic heterocycles. The van der Waals surface area contributed by atoms with Crippen molar-refractivity contribution in [3.63, 3.8) is 0 Å². The monoisotopic (exact) mass is 178 g/mol. The summed E-state index contributed by atoms with van der Waals surface area (Å²) in [6, 6.07) is 3.66. The second-order valence-electron chi connectivity index (χ2n) is 3.40. The molecule has 1 amide bonds. The minimum Gasteiger partial charge on any atom is -0.369 e. The number of primary amides is 1. The van der Waals surface area contributed by atoms with E-state index in [4.69, 9.17) is 5.73 Å². The van der Waals surface area contributed by atoms with Crippen LogP contribution in [0.25, 0.3) is 0 Å². The van der Waals surface area contributed by atoms with Crippen molar-refractivity contribution in [1.82, 2.24) is 4.98 Å². The molecule has 1 heterocycles. The van der Waals surface area contributed by atoms with Gasteiger partial charge in [-0.1, -0.05) is 13.8 Å². The van der Waals surface area contributed by atoms with Crippen LogP contribution in [0.2, 0.25) is 0 Å². The van der Waals surface area contributed by atoms with Gasteiger partial charge in [-0.3, -0.25) is 9.78 Å². The molecule has 13 heavy (non-hydrogen) atoms. The van der Waals surface area contributed by atoms with E-state index in [-0.39, 0.29) is 17.7 Å². The molecule has 1 aromatic rings. The van der Waals surface area contributed by atoms with Gasteiger partial charge in [0.15, 0.2) is 0 Å². The average Bonchev–Trinajstić information content (AvgIpc) is 2.04. The molecule has 1 unspecified atom stereocenters. The van der Waals surface area contributed by atoms with Crippen LogP contribution in [-0.2, 0) is 4.79 Å². The topological polar surface area (TPSA) is 56.0 Å². The van der Waals surface area contributed by atoms with Crippen LogP contribution in [0.3, 0.4) is 0 Å². The van der Waals surface area contributed by atoms with Crippen molar-refractivity contribution in [2.24, 2.45) is 11.7 Å². The first-order valence-corrected chi connectivity index (χ1v) is 4.32. The summed E-state index contributed by atoms with van der Waals surface area (Å²) in [6.07, 6.45) is 3.35. The highest BCUT2D eigenvalue weighted by molar-refractivity contribution is 5.82. The summed E-state index contributed by atoms with van der Waals surface area (Å²) in [5.41, 5.74) is 6.25. The summed E-state index contributed by atoms with van der Waals surface area (Å²) < 4.78 is 0. The summed E-state index contributed by atoms with van der Waals surface area (Å²) in [6.45, 7) is 3.96. The number of hydrogen-bond donors (Lipinski definition) is 1. The third kappa shape index (κ3) is 2.28. The van der Waals surface area contributed by atoms with E-state index in [0.717, 1.165) is 5.56 Å².